The van der Waals surface area contributed by atoms with E-state index in [1.807, 2.05) is 0 Å². The summed E-state index contributed by atoms with van der Waals surface area (Å²) < 4.78 is 22.0. The Bertz CT molecular complexity index is 1420. The van der Waals surface area contributed by atoms with Gasteiger partial charge in [-0.15, -0.1) is 0 Å². The molecule has 0 radical (unpaired) electrons. The van der Waals surface area contributed by atoms with E-state index in [9.17, 15) is 19.7 Å². The van der Waals surface area contributed by atoms with Crippen LogP contribution in [-0.2, 0) is 11.3 Å². The van der Waals surface area contributed by atoms with Crippen molar-refractivity contribution in [1.82, 2.24) is 0 Å². The SMILES string of the molecule is COC(=O)c1ccc(Oc2c(C)oc3cc(OCc4ccc([N+](=O)[O-])cc4)ccc3c2=O)cc1. The molecule has 9 nitrogen and oxygen atoms in total. The smallest absolute Gasteiger partial charge is 0.337 e. The standard InChI is InChI=1S/C25H19NO8/c1-15-24(34-19-9-5-17(6-10-19)25(28)31-2)23(27)21-12-11-20(13-22(21)33-15)32-14-16-3-7-18(8-4-16)26(29)30/h3-13H,14H2,1-2H3. The lowest BCUT2D eigenvalue weighted by atomic mass is 10.2. The molecule has 0 spiro atoms. The molecule has 0 aliphatic heterocycles. The van der Waals surface area contributed by atoms with Crippen LogP contribution in [0.1, 0.15) is 21.7 Å². The number of hydrogen-bond acceptors (Lipinski definition) is 8. The molecular weight excluding hydrogens is 442 g/mol. The van der Waals surface area contributed by atoms with Crippen LogP contribution in [0.15, 0.2) is 75.9 Å². The molecule has 0 aliphatic rings. The number of ether oxygens (including phenoxy) is 3. The molecule has 0 unspecified atom stereocenters. The van der Waals surface area contributed by atoms with Gasteiger partial charge in [0.25, 0.3) is 5.69 Å². The fourth-order valence-electron chi connectivity index (χ4n) is 3.25. The van der Waals surface area contributed by atoms with E-state index in [4.69, 9.17) is 13.9 Å². The quantitative estimate of drug-likeness (QED) is 0.210. The number of nitro groups is 1. The molecule has 0 aliphatic carbocycles. The molecule has 34 heavy (non-hydrogen) atoms. The highest BCUT2D eigenvalue weighted by Crippen LogP contribution is 2.28. The third-order valence-corrected chi connectivity index (χ3v) is 5.03. The first-order valence-electron chi connectivity index (χ1n) is 10.2. The number of rotatable bonds is 7. The summed E-state index contributed by atoms with van der Waals surface area (Å²) in [4.78, 5) is 34.9. The zero-order valence-corrected chi connectivity index (χ0v) is 18.3. The molecule has 172 valence electrons. The summed E-state index contributed by atoms with van der Waals surface area (Å²) in [6.45, 7) is 1.80. The summed E-state index contributed by atoms with van der Waals surface area (Å²) in [6, 6.07) is 17.1. The number of fused-ring (bicyclic) bond motifs is 1. The van der Waals surface area contributed by atoms with E-state index >= 15 is 0 Å². The molecule has 4 aromatic rings. The number of aryl methyl sites for hydroxylation is 1. The van der Waals surface area contributed by atoms with Gasteiger partial charge in [0.05, 0.1) is 23.0 Å². The molecule has 0 saturated carbocycles. The summed E-state index contributed by atoms with van der Waals surface area (Å²) in [7, 11) is 1.29. The summed E-state index contributed by atoms with van der Waals surface area (Å²) in [5.41, 5.74) is 1.10. The highest BCUT2D eigenvalue weighted by atomic mass is 16.6. The summed E-state index contributed by atoms with van der Waals surface area (Å²) in [5.74, 6) is 0.686. The van der Waals surface area contributed by atoms with Crippen LogP contribution < -0.4 is 14.9 Å². The van der Waals surface area contributed by atoms with Gasteiger partial charge in [0.2, 0.25) is 11.2 Å². The van der Waals surface area contributed by atoms with Gasteiger partial charge in [-0.25, -0.2) is 4.79 Å². The fraction of sp³-hybridized carbons (Fsp3) is 0.120. The zero-order chi connectivity index (χ0) is 24.2. The van der Waals surface area contributed by atoms with Crippen molar-refractivity contribution < 1.29 is 28.3 Å². The molecule has 0 bridgehead atoms. The van der Waals surface area contributed by atoms with Gasteiger partial charge >= 0.3 is 5.97 Å². The Morgan fingerprint density at radius 1 is 1.00 bits per heavy atom. The van der Waals surface area contributed by atoms with E-state index in [2.05, 4.69) is 4.74 Å². The number of nitro benzene ring substituents is 1. The third kappa shape index (κ3) is 4.73. The molecule has 0 saturated heterocycles. The first kappa shape index (κ1) is 22.5. The van der Waals surface area contributed by atoms with Crippen LogP contribution in [-0.4, -0.2) is 18.0 Å². The van der Waals surface area contributed by atoms with Crippen LogP contribution in [0.5, 0.6) is 17.2 Å². The first-order valence-corrected chi connectivity index (χ1v) is 10.2. The summed E-state index contributed by atoms with van der Waals surface area (Å²) in [5, 5.41) is 11.1. The van der Waals surface area contributed by atoms with Crippen molar-refractivity contribution in [3.8, 4) is 17.2 Å². The Morgan fingerprint density at radius 3 is 2.32 bits per heavy atom. The molecule has 0 atom stereocenters. The highest BCUT2D eigenvalue weighted by Gasteiger charge is 2.15. The van der Waals surface area contributed by atoms with Gasteiger partial charge in [0.1, 0.15) is 29.4 Å². The van der Waals surface area contributed by atoms with Crippen molar-refractivity contribution in [3.05, 3.63) is 104 Å². The molecule has 1 heterocycles. The number of carbonyl (C=O) groups is 1. The Morgan fingerprint density at radius 2 is 1.68 bits per heavy atom. The maximum absolute atomic E-state index is 13.0. The second kappa shape index (κ2) is 9.45. The van der Waals surface area contributed by atoms with Crippen LogP contribution in [0.4, 0.5) is 5.69 Å². The Balaban J connectivity index is 1.53. The van der Waals surface area contributed by atoms with Gasteiger partial charge in [0.15, 0.2) is 0 Å². The largest absolute Gasteiger partial charge is 0.489 e. The van der Waals surface area contributed by atoms with E-state index in [1.54, 1.807) is 49.4 Å². The van der Waals surface area contributed by atoms with Crippen molar-refractivity contribution in [3.63, 3.8) is 0 Å². The summed E-state index contributed by atoms with van der Waals surface area (Å²) in [6.07, 6.45) is 0. The minimum absolute atomic E-state index is 0.00383. The number of non-ortho nitro benzene ring substituents is 1. The van der Waals surface area contributed by atoms with Gasteiger partial charge < -0.3 is 18.6 Å². The molecule has 0 amide bonds. The van der Waals surface area contributed by atoms with E-state index < -0.39 is 10.9 Å². The lowest BCUT2D eigenvalue weighted by Crippen LogP contribution is -2.08. The van der Waals surface area contributed by atoms with E-state index in [-0.39, 0.29) is 29.2 Å². The van der Waals surface area contributed by atoms with Gasteiger partial charge in [0, 0.05) is 18.2 Å². The van der Waals surface area contributed by atoms with Crippen LogP contribution in [0.2, 0.25) is 0 Å². The Hall–Kier alpha value is -4.66. The van der Waals surface area contributed by atoms with Crippen molar-refractivity contribution in [2.24, 2.45) is 0 Å². The number of nitrogens with zero attached hydrogens (tertiary/aromatic N) is 1. The molecular formula is C25H19NO8. The van der Waals surface area contributed by atoms with Crippen LogP contribution in [0, 0.1) is 17.0 Å². The maximum atomic E-state index is 13.0. The van der Waals surface area contributed by atoms with Gasteiger partial charge in [-0.1, -0.05) is 0 Å². The maximum Gasteiger partial charge on any atom is 0.337 e. The number of hydrogen-bond donors (Lipinski definition) is 0. The third-order valence-electron chi connectivity index (χ3n) is 5.03. The minimum atomic E-state index is -0.473. The highest BCUT2D eigenvalue weighted by molar-refractivity contribution is 5.89. The van der Waals surface area contributed by atoms with Crippen molar-refractivity contribution in [2.75, 3.05) is 7.11 Å². The van der Waals surface area contributed by atoms with Crippen molar-refractivity contribution in [1.29, 1.82) is 0 Å². The van der Waals surface area contributed by atoms with Gasteiger partial charge in [-0.2, -0.15) is 0 Å². The normalized spacial score (nSPS) is 10.6. The van der Waals surface area contributed by atoms with Crippen molar-refractivity contribution >= 4 is 22.6 Å². The Labute approximate surface area is 193 Å². The van der Waals surface area contributed by atoms with Crippen molar-refractivity contribution in [2.45, 2.75) is 13.5 Å². The topological polar surface area (TPSA) is 118 Å². The summed E-state index contributed by atoms with van der Waals surface area (Å²) >= 11 is 0. The monoisotopic (exact) mass is 461 g/mol. The van der Waals surface area contributed by atoms with E-state index in [1.165, 1.54) is 31.4 Å². The molecule has 0 N–H and O–H groups in total. The second-order valence-corrected chi connectivity index (χ2v) is 7.30. The average Bonchev–Trinajstić information content (AvgIpc) is 2.85. The number of esters is 1. The lowest BCUT2D eigenvalue weighted by Gasteiger charge is -2.11. The number of methoxy groups -OCH3 is 1. The average molecular weight is 461 g/mol. The lowest BCUT2D eigenvalue weighted by molar-refractivity contribution is -0.384. The molecule has 0 fully saturated rings. The van der Waals surface area contributed by atoms with Crippen LogP contribution >= 0.6 is 0 Å². The molecule has 4 rings (SSSR count). The fourth-order valence-corrected chi connectivity index (χ4v) is 3.25. The molecule has 1 aromatic heterocycles. The first-order chi connectivity index (χ1) is 16.4. The number of carbonyl (C=O) groups excluding carboxylic acids is 1. The predicted molar refractivity (Wildman–Crippen MR) is 123 cm³/mol. The Kier molecular flexibility index (Phi) is 6.26. The van der Waals surface area contributed by atoms with Crippen LogP contribution in [0.3, 0.4) is 0 Å². The van der Waals surface area contributed by atoms with E-state index in [0.717, 1.165) is 5.56 Å². The van der Waals surface area contributed by atoms with Gasteiger partial charge in [-0.3, -0.25) is 14.9 Å². The van der Waals surface area contributed by atoms with E-state index in [0.29, 0.717) is 28.0 Å². The number of benzene rings is 3. The molecule has 9 heteroatoms. The zero-order valence-electron chi connectivity index (χ0n) is 18.3. The van der Waals surface area contributed by atoms with Gasteiger partial charge in [-0.05, 0) is 61.0 Å². The van der Waals surface area contributed by atoms with Crippen LogP contribution in [0.25, 0.3) is 11.0 Å². The molecule has 3 aromatic carbocycles. The predicted octanol–water partition coefficient (Wildman–Crippen LogP) is 5.17. The second-order valence-electron chi connectivity index (χ2n) is 7.30. The minimum Gasteiger partial charge on any atom is -0.489 e.